The average Bonchev–Trinajstić information content (AvgIpc) is 3.97. The second-order valence-corrected chi connectivity index (χ2v) is 16.6. The van der Waals surface area contributed by atoms with Gasteiger partial charge in [0.05, 0.1) is 22.3 Å². The Labute approximate surface area is 318 Å². The first-order valence-electron chi connectivity index (χ1n) is 18.5. The summed E-state index contributed by atoms with van der Waals surface area (Å²) in [5, 5.41) is 19.0. The molecule has 53 heavy (non-hydrogen) atoms. The third-order valence-electron chi connectivity index (χ3n) is 10.2. The van der Waals surface area contributed by atoms with Crippen molar-refractivity contribution < 1.29 is 24.3 Å². The molecule has 2 fully saturated rings. The quantitative estimate of drug-likeness (QED) is 0.199. The fourth-order valence-electron chi connectivity index (χ4n) is 7.46. The number of H-pyrrole nitrogens is 1. The zero-order chi connectivity index (χ0) is 37.8. The summed E-state index contributed by atoms with van der Waals surface area (Å²) in [6, 6.07) is -1.50. The fourth-order valence-corrected chi connectivity index (χ4v) is 9.81. The van der Waals surface area contributed by atoms with Crippen molar-refractivity contribution in [2.75, 3.05) is 19.7 Å². The Bertz CT molecular complexity index is 1980. The molecule has 0 radical (unpaired) electrons. The van der Waals surface area contributed by atoms with Crippen LogP contribution in [0.15, 0.2) is 33.7 Å². The molecule has 0 saturated carbocycles. The van der Waals surface area contributed by atoms with Gasteiger partial charge < -0.3 is 30.5 Å². The molecular weight excluding hydrogens is 711 g/mol. The SMILES string of the molecule is CC(=O)N[C@H](C(=O)N1CCCC1C1=NC=C(C#Cc2csc3c(CCc4cnc(C5CCCN5C(=O)[C@@H](NC(=O)CO)C(C)C)[nH]4)csc23)C1)C(C)C. The van der Waals surface area contributed by atoms with Crippen molar-refractivity contribution in [3.63, 3.8) is 0 Å². The number of likely N-dealkylation sites (tertiary alicyclic amines) is 2. The number of hydrogen-bond donors (Lipinski definition) is 4. The molecule has 0 spiro atoms. The Morgan fingerprint density at radius 2 is 1.58 bits per heavy atom. The highest BCUT2D eigenvalue weighted by Crippen LogP contribution is 2.36. The highest BCUT2D eigenvalue weighted by atomic mass is 32.1. The predicted molar refractivity (Wildman–Crippen MR) is 207 cm³/mol. The third-order valence-corrected chi connectivity index (χ3v) is 12.5. The first-order chi connectivity index (χ1) is 25.4. The van der Waals surface area contributed by atoms with Crippen LogP contribution >= 0.6 is 22.7 Å². The van der Waals surface area contributed by atoms with E-state index in [1.165, 1.54) is 21.9 Å². The van der Waals surface area contributed by atoms with E-state index in [4.69, 9.17) is 4.99 Å². The average molecular weight is 760 g/mol. The van der Waals surface area contributed by atoms with Crippen molar-refractivity contribution in [1.82, 2.24) is 30.4 Å². The minimum absolute atomic E-state index is 0.0111. The van der Waals surface area contributed by atoms with Gasteiger partial charge in [-0.25, -0.2) is 4.98 Å². The lowest BCUT2D eigenvalue weighted by Crippen LogP contribution is -2.53. The van der Waals surface area contributed by atoms with Crippen LogP contribution in [0.3, 0.4) is 0 Å². The van der Waals surface area contributed by atoms with E-state index in [9.17, 15) is 24.3 Å². The summed E-state index contributed by atoms with van der Waals surface area (Å²) >= 11 is 3.42. The van der Waals surface area contributed by atoms with Crippen LogP contribution in [-0.4, -0.2) is 92.0 Å². The molecule has 4 atom stereocenters. The molecule has 0 aromatic carbocycles. The molecule has 2 saturated heterocycles. The fraction of sp³-hybridized carbons (Fsp3) is 0.538. The number of carbonyl (C=O) groups is 4. The van der Waals surface area contributed by atoms with Crippen molar-refractivity contribution >= 4 is 61.4 Å². The highest BCUT2D eigenvalue weighted by molar-refractivity contribution is 7.26. The van der Waals surface area contributed by atoms with E-state index >= 15 is 0 Å². The number of aromatic nitrogens is 2. The lowest BCUT2D eigenvalue weighted by molar-refractivity contribution is -0.139. The van der Waals surface area contributed by atoms with Crippen molar-refractivity contribution in [2.45, 2.75) is 104 Å². The molecule has 0 aliphatic carbocycles. The summed E-state index contributed by atoms with van der Waals surface area (Å²) in [6.45, 7) is 9.72. The number of aliphatic hydroxyl groups excluding tert-OH is 1. The predicted octanol–water partition coefficient (Wildman–Crippen LogP) is 4.50. The topological polar surface area (TPSA) is 160 Å². The number of nitrogens with one attached hydrogen (secondary N) is 3. The number of allylic oxidation sites excluding steroid dienone is 1. The monoisotopic (exact) mass is 759 g/mol. The molecule has 3 aliphatic rings. The molecule has 3 aromatic heterocycles. The number of fused-ring (bicyclic) bond motifs is 1. The van der Waals surface area contributed by atoms with Crippen LogP contribution in [0.25, 0.3) is 9.40 Å². The number of imidazole rings is 1. The summed E-state index contributed by atoms with van der Waals surface area (Å²) < 4.78 is 2.42. The van der Waals surface area contributed by atoms with Gasteiger partial charge >= 0.3 is 0 Å². The first kappa shape index (κ1) is 38.4. The normalized spacial score (nSPS) is 19.7. The smallest absolute Gasteiger partial charge is 0.246 e. The van der Waals surface area contributed by atoms with E-state index < -0.39 is 24.6 Å². The number of hydrogen-bond acceptors (Lipinski definition) is 9. The summed E-state index contributed by atoms with van der Waals surface area (Å²) in [6.07, 6.45) is 9.33. The number of rotatable bonds is 12. The number of carbonyl (C=O) groups excluding carboxylic acids is 4. The van der Waals surface area contributed by atoms with Gasteiger partial charge in [0, 0.05) is 65.9 Å². The van der Waals surface area contributed by atoms with E-state index in [0.717, 1.165) is 66.9 Å². The van der Waals surface area contributed by atoms with Gasteiger partial charge in [-0.2, -0.15) is 0 Å². The molecule has 282 valence electrons. The minimum atomic E-state index is -0.701. The molecule has 2 unspecified atom stereocenters. The standard InChI is InChI=1S/C39H49N7O5S2/c1-22(2)33(42-24(5)48)38(50)45-14-6-8-30(45)29-16-25(17-40-29)10-11-26-20-52-36-27(21-53-35(26)36)12-13-28-18-41-37(43-28)31-9-7-15-46(31)39(51)34(23(3)4)44-32(49)19-47/h17-18,20-23,30-31,33-34,47H,6-9,12-16,19H2,1-5H3,(H,41,43)(H,42,48)(H,44,49)/t30?,31?,33-,34-/m0/s1. The minimum Gasteiger partial charge on any atom is -0.387 e. The zero-order valence-corrected chi connectivity index (χ0v) is 32.7. The summed E-state index contributed by atoms with van der Waals surface area (Å²) in [7, 11) is 0. The van der Waals surface area contributed by atoms with Crippen LogP contribution < -0.4 is 10.6 Å². The van der Waals surface area contributed by atoms with E-state index in [1.807, 2.05) is 45.0 Å². The molecule has 12 nitrogen and oxygen atoms in total. The van der Waals surface area contributed by atoms with Crippen LogP contribution in [0, 0.1) is 23.7 Å². The van der Waals surface area contributed by atoms with Gasteiger partial charge in [0.2, 0.25) is 23.6 Å². The Hall–Kier alpha value is -4.32. The van der Waals surface area contributed by atoms with Crippen molar-refractivity contribution in [2.24, 2.45) is 16.8 Å². The van der Waals surface area contributed by atoms with Crippen LogP contribution in [0.2, 0.25) is 0 Å². The molecule has 3 aromatic rings. The van der Waals surface area contributed by atoms with E-state index in [1.54, 1.807) is 27.6 Å². The number of aliphatic imine (C=N–C) groups is 1. The van der Waals surface area contributed by atoms with Gasteiger partial charge in [-0.3, -0.25) is 24.2 Å². The Morgan fingerprint density at radius 3 is 2.26 bits per heavy atom. The van der Waals surface area contributed by atoms with Gasteiger partial charge in [-0.15, -0.1) is 22.7 Å². The maximum absolute atomic E-state index is 13.5. The Balaban J connectivity index is 1.05. The Morgan fingerprint density at radius 1 is 0.925 bits per heavy atom. The Kier molecular flexibility index (Phi) is 12.2. The van der Waals surface area contributed by atoms with E-state index in [0.29, 0.717) is 19.5 Å². The molecule has 6 heterocycles. The van der Waals surface area contributed by atoms with Crippen LogP contribution in [-0.2, 0) is 32.0 Å². The third kappa shape index (κ3) is 8.58. The molecular formula is C39H49N7O5S2. The van der Waals surface area contributed by atoms with Crippen LogP contribution in [0.5, 0.6) is 0 Å². The summed E-state index contributed by atoms with van der Waals surface area (Å²) in [4.78, 5) is 67.1. The molecule has 4 amide bonds. The van der Waals surface area contributed by atoms with Gasteiger partial charge in [-0.05, 0) is 61.3 Å². The number of aromatic amines is 1. The summed E-state index contributed by atoms with van der Waals surface area (Å²) in [5.41, 5.74) is 5.18. The van der Waals surface area contributed by atoms with E-state index in [2.05, 4.69) is 43.2 Å². The van der Waals surface area contributed by atoms with Crippen LogP contribution in [0.1, 0.15) is 95.4 Å². The van der Waals surface area contributed by atoms with Crippen molar-refractivity contribution in [1.29, 1.82) is 0 Å². The molecule has 0 bridgehead atoms. The second-order valence-electron chi connectivity index (χ2n) is 14.8. The summed E-state index contributed by atoms with van der Waals surface area (Å²) in [5.74, 6) is 6.42. The first-order valence-corrected chi connectivity index (χ1v) is 20.3. The molecule has 14 heteroatoms. The maximum Gasteiger partial charge on any atom is 0.246 e. The number of thiophene rings is 2. The van der Waals surface area contributed by atoms with Crippen molar-refractivity contribution in [3.8, 4) is 11.8 Å². The largest absolute Gasteiger partial charge is 0.387 e. The van der Waals surface area contributed by atoms with Crippen molar-refractivity contribution in [3.05, 3.63) is 51.4 Å². The number of aliphatic hydroxyl groups is 1. The van der Waals surface area contributed by atoms with Gasteiger partial charge in [0.1, 0.15) is 24.5 Å². The van der Waals surface area contributed by atoms with E-state index in [-0.39, 0.29) is 41.6 Å². The molecule has 6 rings (SSSR count). The highest BCUT2D eigenvalue weighted by Gasteiger charge is 2.39. The zero-order valence-electron chi connectivity index (χ0n) is 31.0. The lowest BCUT2D eigenvalue weighted by atomic mass is 10.00. The van der Waals surface area contributed by atoms with Crippen LogP contribution in [0.4, 0.5) is 0 Å². The molecule has 3 aliphatic heterocycles. The van der Waals surface area contributed by atoms with Gasteiger partial charge in [0.15, 0.2) is 0 Å². The maximum atomic E-state index is 13.5. The lowest BCUT2D eigenvalue weighted by Gasteiger charge is -2.31. The number of nitrogens with zero attached hydrogens (tertiary/aromatic N) is 4. The number of amides is 4. The number of aryl methyl sites for hydroxylation is 2. The van der Waals surface area contributed by atoms with Gasteiger partial charge in [-0.1, -0.05) is 39.5 Å². The second kappa shape index (κ2) is 16.8. The van der Waals surface area contributed by atoms with Gasteiger partial charge in [0.25, 0.3) is 0 Å². The molecule has 4 N–H and O–H groups in total.